The lowest BCUT2D eigenvalue weighted by molar-refractivity contribution is -0.117. The van der Waals surface area contributed by atoms with Crippen molar-refractivity contribution in [1.29, 1.82) is 0 Å². The van der Waals surface area contributed by atoms with E-state index in [1.165, 1.54) is 5.01 Å². The van der Waals surface area contributed by atoms with E-state index in [0.717, 1.165) is 68.2 Å². The molecule has 0 bridgehead atoms. The summed E-state index contributed by atoms with van der Waals surface area (Å²) in [6.45, 7) is 7.28. The lowest BCUT2D eigenvalue weighted by Gasteiger charge is -2.16. The molecule has 1 amide bonds. The number of rotatable bonds is 9. The number of hydrogen-bond acceptors (Lipinski definition) is 4. The van der Waals surface area contributed by atoms with Crippen LogP contribution >= 0.6 is 11.3 Å². The molecule has 2 N–H and O–H groups in total. The lowest BCUT2D eigenvalue weighted by atomic mass is 10.2. The summed E-state index contributed by atoms with van der Waals surface area (Å²) in [7, 11) is 0. The van der Waals surface area contributed by atoms with Gasteiger partial charge in [0.05, 0.1) is 11.6 Å². The minimum absolute atomic E-state index is 0.222. The monoisotopic (exact) mass is 413 g/mol. The van der Waals surface area contributed by atoms with Crippen molar-refractivity contribution in [2.75, 3.05) is 24.5 Å². The molecular weight excluding hydrogens is 382 g/mol. The first-order chi connectivity index (χ1) is 14.2. The second-order valence-electron chi connectivity index (χ2n) is 7.28. The van der Waals surface area contributed by atoms with E-state index in [1.807, 2.05) is 24.0 Å². The van der Waals surface area contributed by atoms with Gasteiger partial charge in [-0.1, -0.05) is 12.1 Å². The van der Waals surface area contributed by atoms with Gasteiger partial charge >= 0.3 is 0 Å². The smallest absolute Gasteiger partial charge is 0.227 e. The van der Waals surface area contributed by atoms with Crippen LogP contribution in [0.25, 0.3) is 0 Å². The Kier molecular flexibility index (Phi) is 8.04. The Bertz CT molecular complexity index is 815. The molecule has 156 valence electrons. The molecule has 0 radical (unpaired) electrons. The van der Waals surface area contributed by atoms with E-state index in [1.54, 1.807) is 11.3 Å². The van der Waals surface area contributed by atoms with Crippen LogP contribution < -0.4 is 15.5 Å². The molecule has 0 atom stereocenters. The van der Waals surface area contributed by atoms with Gasteiger partial charge in [-0.25, -0.2) is 9.98 Å². The van der Waals surface area contributed by atoms with Gasteiger partial charge in [0.1, 0.15) is 0 Å². The second-order valence-corrected chi connectivity index (χ2v) is 8.22. The molecule has 2 heterocycles. The van der Waals surface area contributed by atoms with Gasteiger partial charge in [0.25, 0.3) is 0 Å². The van der Waals surface area contributed by atoms with Crippen molar-refractivity contribution in [3.8, 4) is 0 Å². The van der Waals surface area contributed by atoms with Crippen LogP contribution in [0.2, 0.25) is 0 Å². The van der Waals surface area contributed by atoms with Crippen LogP contribution in [0.4, 0.5) is 5.69 Å². The number of aromatic nitrogens is 1. The van der Waals surface area contributed by atoms with E-state index in [2.05, 4.69) is 45.0 Å². The molecule has 6 nitrogen and oxygen atoms in total. The summed E-state index contributed by atoms with van der Waals surface area (Å²) in [5, 5.41) is 10.1. The summed E-state index contributed by atoms with van der Waals surface area (Å²) in [6.07, 6.45) is 4.86. The van der Waals surface area contributed by atoms with Crippen LogP contribution in [-0.2, 0) is 17.8 Å². The number of unbranched alkanes of at least 4 members (excludes halogenated alkanes) is 1. The number of amides is 1. The third-order valence-corrected chi connectivity index (χ3v) is 5.89. The first-order valence-electron chi connectivity index (χ1n) is 10.5. The van der Waals surface area contributed by atoms with Crippen molar-refractivity contribution in [1.82, 2.24) is 15.6 Å². The van der Waals surface area contributed by atoms with Gasteiger partial charge in [0.2, 0.25) is 5.91 Å². The van der Waals surface area contributed by atoms with Crippen LogP contribution in [0.3, 0.4) is 0 Å². The number of carbonyl (C=O) groups excluding carboxylic acids is 1. The number of hydrogen-bond donors (Lipinski definition) is 2. The molecule has 0 aliphatic carbocycles. The van der Waals surface area contributed by atoms with Gasteiger partial charge in [0, 0.05) is 42.8 Å². The van der Waals surface area contributed by atoms with Crippen LogP contribution in [0.5, 0.6) is 0 Å². The molecule has 3 rings (SSSR count). The van der Waals surface area contributed by atoms with Gasteiger partial charge in [-0.3, -0.25) is 4.79 Å². The topological polar surface area (TPSA) is 69.6 Å². The van der Waals surface area contributed by atoms with Crippen molar-refractivity contribution >= 4 is 28.9 Å². The Balaban J connectivity index is 1.43. The molecule has 1 saturated heterocycles. The third-order valence-electron chi connectivity index (χ3n) is 4.86. The Morgan fingerprint density at radius 3 is 2.72 bits per heavy atom. The number of nitrogens with one attached hydrogen (secondary N) is 2. The summed E-state index contributed by atoms with van der Waals surface area (Å²) in [4.78, 5) is 22.9. The molecular formula is C22H31N5OS. The third kappa shape index (κ3) is 6.56. The maximum absolute atomic E-state index is 11.9. The highest BCUT2D eigenvalue weighted by Gasteiger charge is 2.21. The van der Waals surface area contributed by atoms with Crippen molar-refractivity contribution in [3.63, 3.8) is 0 Å². The Hall–Kier alpha value is -2.41. The Morgan fingerprint density at radius 2 is 2.07 bits per heavy atom. The molecule has 0 unspecified atom stereocenters. The fraction of sp³-hybridized carbons (Fsp3) is 0.500. The standard InChI is InChI=1S/C22H31N5OS/c1-3-23-22(24-13-5-4-7-20-26-17(2)16-29-20)25-15-18-9-11-19(12-10-18)27-14-6-8-21(27)28/h9-12,16H,3-8,13-15H2,1-2H3,(H2,23,24,25). The highest BCUT2D eigenvalue weighted by Crippen LogP contribution is 2.21. The van der Waals surface area contributed by atoms with E-state index in [4.69, 9.17) is 0 Å². The van der Waals surface area contributed by atoms with Gasteiger partial charge in [0.15, 0.2) is 5.96 Å². The molecule has 1 aliphatic heterocycles. The van der Waals surface area contributed by atoms with Crippen LogP contribution in [0.1, 0.15) is 48.9 Å². The molecule has 1 aromatic heterocycles. The number of nitrogens with zero attached hydrogens (tertiary/aromatic N) is 3. The molecule has 1 aliphatic rings. The molecule has 1 fully saturated rings. The van der Waals surface area contributed by atoms with Crippen molar-refractivity contribution in [2.45, 2.75) is 52.5 Å². The predicted octanol–water partition coefficient (Wildman–Crippen LogP) is 3.66. The normalized spacial score (nSPS) is 14.5. The second kappa shape index (κ2) is 11.0. The number of benzene rings is 1. The fourth-order valence-electron chi connectivity index (χ4n) is 3.34. The van der Waals surface area contributed by atoms with E-state index in [0.29, 0.717) is 13.0 Å². The number of thiazole rings is 1. The summed E-state index contributed by atoms with van der Waals surface area (Å²) in [5.74, 6) is 1.07. The first-order valence-corrected chi connectivity index (χ1v) is 11.4. The molecule has 7 heteroatoms. The minimum atomic E-state index is 0.222. The SMILES string of the molecule is CCNC(=NCc1ccc(N2CCCC2=O)cc1)NCCCCc1nc(C)cs1. The van der Waals surface area contributed by atoms with E-state index < -0.39 is 0 Å². The minimum Gasteiger partial charge on any atom is -0.357 e. The van der Waals surface area contributed by atoms with Crippen LogP contribution in [0.15, 0.2) is 34.6 Å². The fourth-order valence-corrected chi connectivity index (χ4v) is 4.16. The zero-order valence-electron chi connectivity index (χ0n) is 17.4. The number of carbonyl (C=O) groups is 1. The van der Waals surface area contributed by atoms with Crippen molar-refractivity contribution in [2.24, 2.45) is 4.99 Å². The molecule has 0 spiro atoms. The van der Waals surface area contributed by atoms with E-state index in [-0.39, 0.29) is 5.91 Å². The first kappa shape index (κ1) is 21.3. The Morgan fingerprint density at radius 1 is 1.24 bits per heavy atom. The maximum atomic E-state index is 11.9. The summed E-state index contributed by atoms with van der Waals surface area (Å²) < 4.78 is 0. The molecule has 0 saturated carbocycles. The lowest BCUT2D eigenvalue weighted by Crippen LogP contribution is -2.37. The van der Waals surface area contributed by atoms with E-state index in [9.17, 15) is 4.79 Å². The van der Waals surface area contributed by atoms with Crippen LogP contribution in [-0.4, -0.2) is 36.5 Å². The number of anilines is 1. The van der Waals surface area contributed by atoms with Gasteiger partial charge in [-0.15, -0.1) is 11.3 Å². The molecule has 29 heavy (non-hydrogen) atoms. The van der Waals surface area contributed by atoms with Gasteiger partial charge in [-0.05, 0) is 57.2 Å². The highest BCUT2D eigenvalue weighted by molar-refractivity contribution is 7.09. The zero-order chi connectivity index (χ0) is 20.5. The average molecular weight is 414 g/mol. The predicted molar refractivity (Wildman–Crippen MR) is 121 cm³/mol. The largest absolute Gasteiger partial charge is 0.357 e. The highest BCUT2D eigenvalue weighted by atomic mass is 32.1. The number of aliphatic imine (C=N–C) groups is 1. The van der Waals surface area contributed by atoms with Crippen molar-refractivity contribution < 1.29 is 4.79 Å². The number of aryl methyl sites for hydroxylation is 2. The summed E-state index contributed by atoms with van der Waals surface area (Å²) in [6, 6.07) is 8.16. The maximum Gasteiger partial charge on any atom is 0.227 e. The summed E-state index contributed by atoms with van der Waals surface area (Å²) in [5.41, 5.74) is 3.24. The van der Waals surface area contributed by atoms with Crippen molar-refractivity contribution in [3.05, 3.63) is 45.9 Å². The summed E-state index contributed by atoms with van der Waals surface area (Å²) >= 11 is 1.75. The van der Waals surface area contributed by atoms with Crippen LogP contribution in [0, 0.1) is 6.92 Å². The average Bonchev–Trinajstić information content (AvgIpc) is 3.34. The Labute approximate surface area is 177 Å². The molecule has 2 aromatic rings. The number of guanidine groups is 1. The van der Waals surface area contributed by atoms with Gasteiger partial charge < -0.3 is 15.5 Å². The zero-order valence-corrected chi connectivity index (χ0v) is 18.2. The quantitative estimate of drug-likeness (QED) is 0.374. The molecule has 1 aromatic carbocycles. The van der Waals surface area contributed by atoms with Gasteiger partial charge in [-0.2, -0.15) is 0 Å². The van der Waals surface area contributed by atoms with E-state index >= 15 is 0 Å².